The zero-order valence-corrected chi connectivity index (χ0v) is 19.7. The van der Waals surface area contributed by atoms with E-state index in [-0.39, 0.29) is 18.1 Å². The molecule has 0 saturated carbocycles. The van der Waals surface area contributed by atoms with Gasteiger partial charge in [-0.25, -0.2) is 9.59 Å². The van der Waals surface area contributed by atoms with Gasteiger partial charge in [0.05, 0.1) is 12.7 Å². The number of ether oxygens (including phenoxy) is 3. The first kappa shape index (κ1) is 25.2. The van der Waals surface area contributed by atoms with Gasteiger partial charge in [0.15, 0.2) is 0 Å². The van der Waals surface area contributed by atoms with E-state index >= 15 is 0 Å². The zero-order chi connectivity index (χ0) is 22.9. The number of benzene rings is 1. The van der Waals surface area contributed by atoms with E-state index in [0.717, 1.165) is 37.7 Å². The molecule has 31 heavy (non-hydrogen) atoms. The molecule has 0 aliphatic carbocycles. The summed E-state index contributed by atoms with van der Waals surface area (Å²) in [6.07, 6.45) is 4.24. The minimum atomic E-state index is -0.711. The molecule has 0 bridgehead atoms. The third-order valence-electron chi connectivity index (χ3n) is 5.54. The number of cyclic esters (lactones) is 1. The number of unbranched alkanes of at least 4 members (excludes halogenated alkanes) is 1. The van der Waals surface area contributed by atoms with Gasteiger partial charge in [0, 0.05) is 5.92 Å². The molecule has 4 unspecified atom stereocenters. The predicted octanol–water partition coefficient (Wildman–Crippen LogP) is 5.39. The van der Waals surface area contributed by atoms with Crippen molar-refractivity contribution >= 4 is 12.1 Å². The summed E-state index contributed by atoms with van der Waals surface area (Å²) in [6, 6.07) is 9.41. The molecule has 174 valence electrons. The standard InChI is InChI=1S/C25H39NO5/c1-6-7-14-20-18(2)30-23(27)21(26-24(28)31-25(3,4)5)15-11-16-22(20)29-17-19-12-9-8-10-13-19/h8-10,12-13,18,20-22H,6-7,11,14-17H2,1-5H3,(H,26,28). The largest absolute Gasteiger partial charge is 0.461 e. The Morgan fingerprint density at radius 3 is 2.55 bits per heavy atom. The molecular formula is C25H39NO5. The quantitative estimate of drug-likeness (QED) is 0.584. The van der Waals surface area contributed by atoms with Crippen LogP contribution in [0.25, 0.3) is 0 Å². The summed E-state index contributed by atoms with van der Waals surface area (Å²) in [6.45, 7) is 10.0. The normalized spacial score (nSPS) is 25.0. The highest BCUT2D eigenvalue weighted by molar-refractivity contribution is 5.81. The Balaban J connectivity index is 2.08. The summed E-state index contributed by atoms with van der Waals surface area (Å²) >= 11 is 0. The van der Waals surface area contributed by atoms with E-state index < -0.39 is 23.7 Å². The van der Waals surface area contributed by atoms with Crippen LogP contribution < -0.4 is 5.32 Å². The number of carbonyl (C=O) groups is 2. The van der Waals surface area contributed by atoms with E-state index in [0.29, 0.717) is 13.0 Å². The Labute approximate surface area is 187 Å². The minimum Gasteiger partial charge on any atom is -0.461 e. The van der Waals surface area contributed by atoms with Crippen molar-refractivity contribution < 1.29 is 23.8 Å². The molecule has 0 spiro atoms. The number of rotatable bonds is 7. The lowest BCUT2D eigenvalue weighted by Crippen LogP contribution is -2.45. The number of esters is 1. The van der Waals surface area contributed by atoms with E-state index in [4.69, 9.17) is 14.2 Å². The number of alkyl carbamates (subject to hydrolysis) is 1. The fourth-order valence-electron chi connectivity index (χ4n) is 3.94. The monoisotopic (exact) mass is 433 g/mol. The summed E-state index contributed by atoms with van der Waals surface area (Å²) < 4.78 is 17.5. The van der Waals surface area contributed by atoms with Crippen molar-refractivity contribution in [2.45, 2.75) is 104 Å². The Kier molecular flexibility index (Phi) is 9.82. The zero-order valence-electron chi connectivity index (χ0n) is 19.7. The van der Waals surface area contributed by atoms with Gasteiger partial charge in [-0.1, -0.05) is 50.1 Å². The highest BCUT2D eigenvalue weighted by Gasteiger charge is 2.35. The van der Waals surface area contributed by atoms with Crippen molar-refractivity contribution in [3.8, 4) is 0 Å². The first-order valence-electron chi connectivity index (χ1n) is 11.5. The van der Waals surface area contributed by atoms with Crippen molar-refractivity contribution in [3.63, 3.8) is 0 Å². The maximum Gasteiger partial charge on any atom is 0.408 e. The molecule has 6 nitrogen and oxygen atoms in total. The number of hydrogen-bond donors (Lipinski definition) is 1. The predicted molar refractivity (Wildman–Crippen MR) is 121 cm³/mol. The summed E-state index contributed by atoms with van der Waals surface area (Å²) in [4.78, 5) is 25.0. The first-order chi connectivity index (χ1) is 14.7. The average molecular weight is 434 g/mol. The molecule has 0 radical (unpaired) electrons. The number of nitrogens with one attached hydrogen (secondary N) is 1. The fourth-order valence-corrected chi connectivity index (χ4v) is 3.94. The fraction of sp³-hybridized carbons (Fsp3) is 0.680. The van der Waals surface area contributed by atoms with Gasteiger partial charge in [0.2, 0.25) is 0 Å². The van der Waals surface area contributed by atoms with Gasteiger partial charge in [-0.05, 0) is 58.9 Å². The Bertz CT molecular complexity index is 685. The second kappa shape index (κ2) is 12.1. The molecular weight excluding hydrogens is 394 g/mol. The Morgan fingerprint density at radius 2 is 1.90 bits per heavy atom. The Hall–Kier alpha value is -2.08. The van der Waals surface area contributed by atoms with Crippen LogP contribution in [0.2, 0.25) is 0 Å². The van der Waals surface area contributed by atoms with E-state index in [1.807, 2.05) is 25.1 Å². The average Bonchev–Trinajstić information content (AvgIpc) is 2.74. The van der Waals surface area contributed by atoms with Crippen LogP contribution in [-0.2, 0) is 25.6 Å². The molecule has 1 amide bonds. The van der Waals surface area contributed by atoms with E-state index in [2.05, 4.69) is 24.4 Å². The molecule has 1 aliphatic heterocycles. The van der Waals surface area contributed by atoms with E-state index in [1.165, 1.54) is 0 Å². The molecule has 0 aromatic heterocycles. The van der Waals surface area contributed by atoms with Crippen LogP contribution in [-0.4, -0.2) is 35.9 Å². The van der Waals surface area contributed by atoms with Gasteiger partial charge in [-0.3, -0.25) is 0 Å². The van der Waals surface area contributed by atoms with Crippen LogP contribution in [0, 0.1) is 5.92 Å². The SMILES string of the molecule is CCCCC1C(C)OC(=O)C(NC(=O)OC(C)(C)C)CCCC1OCc1ccccc1. The van der Waals surface area contributed by atoms with E-state index in [1.54, 1.807) is 20.8 Å². The highest BCUT2D eigenvalue weighted by Crippen LogP contribution is 2.29. The Morgan fingerprint density at radius 1 is 1.19 bits per heavy atom. The molecule has 1 aromatic carbocycles. The first-order valence-corrected chi connectivity index (χ1v) is 11.5. The van der Waals surface area contributed by atoms with Gasteiger partial charge < -0.3 is 19.5 Å². The van der Waals surface area contributed by atoms with Crippen LogP contribution in [0.5, 0.6) is 0 Å². The third-order valence-corrected chi connectivity index (χ3v) is 5.54. The van der Waals surface area contributed by atoms with Gasteiger partial charge >= 0.3 is 12.1 Å². The smallest absolute Gasteiger partial charge is 0.408 e. The maximum absolute atomic E-state index is 12.8. The van der Waals surface area contributed by atoms with Crippen LogP contribution in [0.3, 0.4) is 0 Å². The summed E-state index contributed by atoms with van der Waals surface area (Å²) in [5, 5.41) is 2.70. The lowest BCUT2D eigenvalue weighted by molar-refractivity contribution is -0.156. The van der Waals surface area contributed by atoms with Crippen molar-refractivity contribution in [2.75, 3.05) is 0 Å². The van der Waals surface area contributed by atoms with Crippen molar-refractivity contribution in [1.82, 2.24) is 5.32 Å². The van der Waals surface area contributed by atoms with Gasteiger partial charge in [0.25, 0.3) is 0 Å². The summed E-state index contributed by atoms with van der Waals surface area (Å²) in [5.41, 5.74) is 0.507. The van der Waals surface area contributed by atoms with Crippen LogP contribution >= 0.6 is 0 Å². The van der Waals surface area contributed by atoms with Crippen LogP contribution in [0.15, 0.2) is 30.3 Å². The molecule has 6 heteroatoms. The topological polar surface area (TPSA) is 73.9 Å². The summed E-state index contributed by atoms with van der Waals surface area (Å²) in [5.74, 6) is -0.281. The highest BCUT2D eigenvalue weighted by atomic mass is 16.6. The molecule has 4 atom stereocenters. The molecule has 1 N–H and O–H groups in total. The van der Waals surface area contributed by atoms with Gasteiger partial charge in [0.1, 0.15) is 17.7 Å². The van der Waals surface area contributed by atoms with Crippen molar-refractivity contribution in [3.05, 3.63) is 35.9 Å². The lowest BCUT2D eigenvalue weighted by atomic mass is 9.88. The van der Waals surface area contributed by atoms with Gasteiger partial charge in [-0.15, -0.1) is 0 Å². The third kappa shape index (κ3) is 8.90. The second-order valence-corrected chi connectivity index (χ2v) is 9.41. The number of amides is 1. The molecule has 1 aliphatic rings. The minimum absolute atomic E-state index is 0.00478. The van der Waals surface area contributed by atoms with Crippen LogP contribution in [0.4, 0.5) is 4.79 Å². The summed E-state index contributed by atoms with van der Waals surface area (Å²) in [7, 11) is 0. The van der Waals surface area contributed by atoms with Crippen molar-refractivity contribution in [1.29, 1.82) is 0 Å². The lowest BCUT2D eigenvalue weighted by Gasteiger charge is -2.31. The number of hydrogen-bond acceptors (Lipinski definition) is 5. The molecule has 1 aromatic rings. The molecule has 1 saturated heterocycles. The second-order valence-electron chi connectivity index (χ2n) is 9.41. The molecule has 1 heterocycles. The maximum atomic E-state index is 12.8. The molecule has 1 fully saturated rings. The van der Waals surface area contributed by atoms with Crippen molar-refractivity contribution in [2.24, 2.45) is 5.92 Å². The number of carbonyl (C=O) groups excluding carboxylic acids is 2. The molecule has 2 rings (SSSR count). The van der Waals surface area contributed by atoms with Crippen LogP contribution in [0.1, 0.15) is 78.7 Å². The van der Waals surface area contributed by atoms with E-state index in [9.17, 15) is 9.59 Å². The van der Waals surface area contributed by atoms with Gasteiger partial charge in [-0.2, -0.15) is 0 Å².